The Morgan fingerprint density at radius 2 is 1.88 bits per heavy atom. The predicted molar refractivity (Wildman–Crippen MR) is 70.7 cm³/mol. The van der Waals surface area contributed by atoms with Crippen molar-refractivity contribution in [3.63, 3.8) is 0 Å². The lowest BCUT2D eigenvalue weighted by Gasteiger charge is -1.98. The maximum absolute atomic E-state index is 10.9. The first-order valence-corrected chi connectivity index (χ1v) is 6.05. The van der Waals surface area contributed by atoms with Gasteiger partial charge >= 0.3 is 5.00 Å². The Balaban J connectivity index is 2.51. The highest BCUT2D eigenvalue weighted by atomic mass is 32.1. The molecule has 2 aromatic carbocycles. The van der Waals surface area contributed by atoms with Crippen LogP contribution in [0.1, 0.15) is 5.56 Å². The van der Waals surface area contributed by atoms with E-state index in [1.807, 2.05) is 43.3 Å². The first-order chi connectivity index (χ1) is 8.18. The van der Waals surface area contributed by atoms with E-state index in [0.29, 0.717) is 0 Å². The molecule has 3 rings (SSSR count). The van der Waals surface area contributed by atoms with Crippen LogP contribution in [0.5, 0.6) is 0 Å². The molecule has 84 valence electrons. The van der Waals surface area contributed by atoms with Gasteiger partial charge in [-0.3, -0.25) is 10.1 Å². The van der Waals surface area contributed by atoms with E-state index in [2.05, 4.69) is 0 Å². The van der Waals surface area contributed by atoms with Crippen LogP contribution in [0.15, 0.2) is 36.4 Å². The van der Waals surface area contributed by atoms with Crippen LogP contribution in [0.3, 0.4) is 0 Å². The predicted octanol–water partition coefficient (Wildman–Crippen LogP) is 4.27. The molecule has 0 saturated carbocycles. The Kier molecular flexibility index (Phi) is 2.12. The second-order valence-electron chi connectivity index (χ2n) is 3.95. The number of nitrogens with zero attached hydrogens (tertiary/aromatic N) is 1. The maximum atomic E-state index is 10.9. The van der Waals surface area contributed by atoms with Crippen LogP contribution in [-0.4, -0.2) is 4.92 Å². The van der Waals surface area contributed by atoms with Crippen molar-refractivity contribution in [2.24, 2.45) is 0 Å². The zero-order chi connectivity index (χ0) is 12.0. The summed E-state index contributed by atoms with van der Waals surface area (Å²) in [4.78, 5) is 10.6. The molecule has 0 aliphatic rings. The molecule has 0 N–H and O–H groups in total. The van der Waals surface area contributed by atoms with Gasteiger partial charge in [0.05, 0.1) is 4.92 Å². The van der Waals surface area contributed by atoms with E-state index in [1.165, 1.54) is 11.3 Å². The number of rotatable bonds is 1. The molecule has 0 saturated heterocycles. The summed E-state index contributed by atoms with van der Waals surface area (Å²) in [6.45, 7) is 1.81. The lowest BCUT2D eigenvalue weighted by Crippen LogP contribution is -1.84. The smallest absolute Gasteiger partial charge is 0.258 e. The van der Waals surface area contributed by atoms with Crippen molar-refractivity contribution in [2.45, 2.75) is 6.92 Å². The van der Waals surface area contributed by atoms with Gasteiger partial charge in [0.2, 0.25) is 0 Å². The van der Waals surface area contributed by atoms with Crippen LogP contribution < -0.4 is 0 Å². The first-order valence-electron chi connectivity index (χ1n) is 5.24. The maximum Gasteiger partial charge on any atom is 0.328 e. The monoisotopic (exact) mass is 243 g/mol. The molecule has 1 heterocycles. The van der Waals surface area contributed by atoms with Gasteiger partial charge in [0.15, 0.2) is 0 Å². The van der Waals surface area contributed by atoms with Gasteiger partial charge in [-0.1, -0.05) is 47.7 Å². The molecule has 3 aromatic rings. The van der Waals surface area contributed by atoms with Crippen LogP contribution in [-0.2, 0) is 0 Å². The van der Waals surface area contributed by atoms with Crippen molar-refractivity contribution < 1.29 is 4.92 Å². The Labute approximate surface area is 101 Å². The molecular weight excluding hydrogens is 234 g/mol. The molecule has 1 aromatic heterocycles. The second kappa shape index (κ2) is 3.53. The van der Waals surface area contributed by atoms with E-state index >= 15 is 0 Å². The molecule has 0 amide bonds. The Hall–Kier alpha value is -1.94. The molecule has 0 fully saturated rings. The minimum Gasteiger partial charge on any atom is -0.258 e. The Morgan fingerprint density at radius 3 is 2.65 bits per heavy atom. The molecular formula is C13H9NO2S. The number of hydrogen-bond donors (Lipinski definition) is 0. The summed E-state index contributed by atoms with van der Waals surface area (Å²) in [6.07, 6.45) is 0. The molecule has 0 unspecified atom stereocenters. The molecule has 0 aliphatic carbocycles. The van der Waals surface area contributed by atoms with Gasteiger partial charge < -0.3 is 0 Å². The second-order valence-corrected chi connectivity index (χ2v) is 4.95. The van der Waals surface area contributed by atoms with E-state index in [0.717, 1.165) is 26.4 Å². The number of fused-ring (bicyclic) bond motifs is 3. The largest absolute Gasteiger partial charge is 0.328 e. The standard InChI is InChI=1S/C13H9NO2S/c1-8-10-7-6-9-4-2-3-5-11(9)12(10)17-13(8)14(15)16/h2-7H,1H3. The third-order valence-electron chi connectivity index (χ3n) is 2.97. The highest BCUT2D eigenvalue weighted by molar-refractivity contribution is 7.23. The third kappa shape index (κ3) is 1.41. The van der Waals surface area contributed by atoms with Crippen molar-refractivity contribution in [1.29, 1.82) is 0 Å². The number of benzene rings is 2. The van der Waals surface area contributed by atoms with Crippen LogP contribution in [0.2, 0.25) is 0 Å². The van der Waals surface area contributed by atoms with Gasteiger partial charge in [-0.05, 0) is 17.7 Å². The lowest BCUT2D eigenvalue weighted by atomic mass is 10.1. The topological polar surface area (TPSA) is 43.1 Å². The zero-order valence-electron chi connectivity index (χ0n) is 9.14. The Morgan fingerprint density at radius 1 is 1.12 bits per heavy atom. The van der Waals surface area contributed by atoms with Crippen LogP contribution in [0.4, 0.5) is 5.00 Å². The average Bonchev–Trinajstić information content (AvgIpc) is 2.67. The minimum atomic E-state index is -0.297. The summed E-state index contributed by atoms with van der Waals surface area (Å²) < 4.78 is 1.01. The van der Waals surface area contributed by atoms with Crippen molar-refractivity contribution in [3.05, 3.63) is 52.1 Å². The fourth-order valence-electron chi connectivity index (χ4n) is 2.11. The van der Waals surface area contributed by atoms with Gasteiger partial charge in [0.1, 0.15) is 0 Å². The summed E-state index contributed by atoms with van der Waals surface area (Å²) in [5.74, 6) is 0. The van der Waals surface area contributed by atoms with Gasteiger partial charge in [-0.25, -0.2) is 0 Å². The Bertz CT molecular complexity index is 746. The summed E-state index contributed by atoms with van der Waals surface area (Å²) in [6, 6.07) is 12.0. The van der Waals surface area contributed by atoms with E-state index in [4.69, 9.17) is 0 Å². The quantitative estimate of drug-likeness (QED) is 0.473. The van der Waals surface area contributed by atoms with Crippen LogP contribution in [0, 0.1) is 17.0 Å². The molecule has 17 heavy (non-hydrogen) atoms. The minimum absolute atomic E-state index is 0.247. The molecule has 4 heteroatoms. The molecule has 3 nitrogen and oxygen atoms in total. The van der Waals surface area contributed by atoms with Crippen molar-refractivity contribution >= 4 is 37.2 Å². The zero-order valence-corrected chi connectivity index (χ0v) is 9.95. The third-order valence-corrected chi connectivity index (χ3v) is 4.26. The summed E-state index contributed by atoms with van der Waals surface area (Å²) in [7, 11) is 0. The number of hydrogen-bond acceptors (Lipinski definition) is 3. The van der Waals surface area contributed by atoms with Gasteiger partial charge in [-0.15, -0.1) is 0 Å². The van der Waals surface area contributed by atoms with Crippen molar-refractivity contribution in [2.75, 3.05) is 0 Å². The van der Waals surface area contributed by atoms with Crippen LogP contribution >= 0.6 is 11.3 Å². The summed E-state index contributed by atoms with van der Waals surface area (Å²) in [5, 5.41) is 14.4. The molecule has 0 spiro atoms. The SMILES string of the molecule is Cc1c([N+](=O)[O-])sc2c1ccc1ccccc12. The highest BCUT2D eigenvalue weighted by Crippen LogP contribution is 2.40. The fourth-order valence-corrected chi connectivity index (χ4v) is 3.27. The summed E-state index contributed by atoms with van der Waals surface area (Å²) in [5.41, 5.74) is 0.765. The molecule has 0 bridgehead atoms. The number of aryl methyl sites for hydroxylation is 1. The van der Waals surface area contributed by atoms with Gasteiger partial charge in [0.25, 0.3) is 0 Å². The lowest BCUT2D eigenvalue weighted by molar-refractivity contribution is -0.380. The fraction of sp³-hybridized carbons (Fsp3) is 0.0769. The molecule has 0 radical (unpaired) electrons. The average molecular weight is 243 g/mol. The van der Waals surface area contributed by atoms with Crippen molar-refractivity contribution in [1.82, 2.24) is 0 Å². The molecule has 0 atom stereocenters. The van der Waals surface area contributed by atoms with Gasteiger partial charge in [-0.2, -0.15) is 0 Å². The van der Waals surface area contributed by atoms with Crippen LogP contribution in [0.25, 0.3) is 20.9 Å². The van der Waals surface area contributed by atoms with E-state index in [-0.39, 0.29) is 9.92 Å². The van der Waals surface area contributed by atoms with E-state index in [9.17, 15) is 10.1 Å². The number of nitro groups is 1. The summed E-state index contributed by atoms with van der Waals surface area (Å²) >= 11 is 1.26. The first kappa shape index (κ1) is 10.2. The van der Waals surface area contributed by atoms with E-state index in [1.54, 1.807) is 0 Å². The number of thiophene rings is 1. The van der Waals surface area contributed by atoms with Crippen molar-refractivity contribution in [3.8, 4) is 0 Å². The van der Waals surface area contributed by atoms with Gasteiger partial charge in [0, 0.05) is 15.6 Å². The highest BCUT2D eigenvalue weighted by Gasteiger charge is 2.18. The molecule has 0 aliphatic heterocycles. The normalized spacial score (nSPS) is 11.1. The van der Waals surface area contributed by atoms with E-state index < -0.39 is 0 Å².